The zero-order chi connectivity index (χ0) is 6.81. The van der Waals surface area contributed by atoms with Crippen molar-refractivity contribution in [3.8, 4) is 0 Å². The van der Waals surface area contributed by atoms with Gasteiger partial charge in [0.05, 0.1) is 12.5 Å². The largest absolute Gasteiger partial charge is 0.447 e. The zero-order valence-electron chi connectivity index (χ0n) is 5.15. The average Bonchev–Trinajstić information content (AvgIpc) is 2.59. The Morgan fingerprint density at radius 2 is 2.50 bits per heavy atom. The zero-order valence-corrected chi connectivity index (χ0v) is 5.15. The highest BCUT2D eigenvalue weighted by Gasteiger charge is 2.08. The lowest BCUT2D eigenvalue weighted by atomic mass is 10.6. The highest BCUT2D eigenvalue weighted by molar-refractivity contribution is 5.36. The second kappa shape index (κ2) is 2.07. The van der Waals surface area contributed by atoms with Crippen LogP contribution < -0.4 is 10.6 Å². The summed E-state index contributed by atoms with van der Waals surface area (Å²) in [5.41, 5.74) is 2.59. The Hall–Kier alpha value is -1.42. The molecule has 4 heteroatoms. The van der Waals surface area contributed by atoms with E-state index in [4.69, 9.17) is 9.25 Å². The van der Waals surface area contributed by atoms with E-state index in [0.717, 1.165) is 0 Å². The van der Waals surface area contributed by atoms with Gasteiger partial charge in [-0.1, -0.05) is 5.59 Å². The molecule has 2 rings (SSSR count). The first kappa shape index (κ1) is 5.37. The molecule has 1 aliphatic rings. The van der Waals surface area contributed by atoms with Crippen molar-refractivity contribution in [2.75, 3.05) is 5.01 Å². The third-order valence-corrected chi connectivity index (χ3v) is 1.17. The third-order valence-electron chi connectivity index (χ3n) is 1.17. The first-order chi connectivity index (χ1) is 4.97. The van der Waals surface area contributed by atoms with Crippen LogP contribution >= 0.6 is 0 Å². The number of hydrogen-bond donors (Lipinski definition) is 1. The van der Waals surface area contributed by atoms with Crippen molar-refractivity contribution in [1.29, 1.82) is 0 Å². The van der Waals surface area contributed by atoms with Gasteiger partial charge in [-0.15, -0.1) is 0 Å². The van der Waals surface area contributed by atoms with Gasteiger partial charge in [0.25, 0.3) is 0 Å². The maximum atomic E-state index is 5.05. The molecule has 0 atom stereocenters. The molecule has 0 fully saturated rings. The van der Waals surface area contributed by atoms with Crippen LogP contribution in [0.4, 0.5) is 5.88 Å². The second-order valence-corrected chi connectivity index (χ2v) is 1.82. The average molecular weight is 138 g/mol. The number of nitrogens with one attached hydrogen (secondary N) is 1. The molecule has 0 aliphatic carbocycles. The van der Waals surface area contributed by atoms with E-state index in [1.807, 2.05) is 12.1 Å². The van der Waals surface area contributed by atoms with E-state index in [-0.39, 0.29) is 0 Å². The lowest BCUT2D eigenvalue weighted by Gasteiger charge is -2.08. The van der Waals surface area contributed by atoms with Gasteiger partial charge in [-0.3, -0.25) is 0 Å². The third kappa shape index (κ3) is 0.745. The summed E-state index contributed by atoms with van der Waals surface area (Å²) in [6.45, 7) is 0. The van der Waals surface area contributed by atoms with Crippen LogP contribution in [-0.2, 0) is 4.84 Å². The topological polar surface area (TPSA) is 37.6 Å². The summed E-state index contributed by atoms with van der Waals surface area (Å²) < 4.78 is 5.05. The molecule has 0 saturated heterocycles. The Bertz CT molecular complexity index is 230. The Kier molecular flexibility index (Phi) is 1.11. The van der Waals surface area contributed by atoms with Crippen LogP contribution in [0.3, 0.4) is 0 Å². The van der Waals surface area contributed by atoms with E-state index < -0.39 is 0 Å². The molecule has 1 N–H and O–H groups in total. The number of rotatable bonds is 1. The van der Waals surface area contributed by atoms with E-state index >= 15 is 0 Å². The summed E-state index contributed by atoms with van der Waals surface area (Å²) >= 11 is 0. The van der Waals surface area contributed by atoms with Gasteiger partial charge in [0.15, 0.2) is 0 Å². The monoisotopic (exact) mass is 138 g/mol. The normalized spacial score (nSPS) is 15.8. The summed E-state index contributed by atoms with van der Waals surface area (Å²) in [7, 11) is 0. The molecule has 2 heterocycles. The number of hydrazine groups is 1. The lowest BCUT2D eigenvalue weighted by Crippen LogP contribution is -2.26. The van der Waals surface area contributed by atoms with Crippen molar-refractivity contribution < 1.29 is 9.25 Å². The van der Waals surface area contributed by atoms with Gasteiger partial charge in [-0.2, -0.15) is 0 Å². The van der Waals surface area contributed by atoms with E-state index in [9.17, 15) is 0 Å². The number of anilines is 1. The fourth-order valence-corrected chi connectivity index (χ4v) is 0.734. The fourth-order valence-electron chi connectivity index (χ4n) is 0.734. The highest BCUT2D eigenvalue weighted by atomic mass is 16.7. The van der Waals surface area contributed by atoms with Crippen molar-refractivity contribution in [3.05, 3.63) is 30.9 Å². The van der Waals surface area contributed by atoms with Crippen molar-refractivity contribution in [2.24, 2.45) is 0 Å². The van der Waals surface area contributed by atoms with Gasteiger partial charge >= 0.3 is 0 Å². The minimum atomic E-state index is 0.703. The van der Waals surface area contributed by atoms with Gasteiger partial charge in [-0.25, -0.2) is 5.01 Å². The first-order valence-corrected chi connectivity index (χ1v) is 2.87. The minimum Gasteiger partial charge on any atom is -0.447 e. The summed E-state index contributed by atoms with van der Waals surface area (Å²) in [6, 6.07) is 3.63. The Morgan fingerprint density at radius 3 is 3.10 bits per heavy atom. The van der Waals surface area contributed by atoms with Crippen LogP contribution in [0.15, 0.2) is 35.3 Å². The molecular formula is C6H6N2O2. The van der Waals surface area contributed by atoms with Gasteiger partial charge in [0.2, 0.25) is 5.88 Å². The molecule has 0 aromatic carbocycles. The number of hydrogen-bond acceptors (Lipinski definition) is 4. The summed E-state index contributed by atoms with van der Waals surface area (Å²) in [6.07, 6.45) is 4.85. The molecule has 0 bridgehead atoms. The molecule has 0 spiro atoms. The van der Waals surface area contributed by atoms with Gasteiger partial charge < -0.3 is 9.25 Å². The van der Waals surface area contributed by atoms with Crippen LogP contribution in [0.5, 0.6) is 0 Å². The Morgan fingerprint density at radius 1 is 1.50 bits per heavy atom. The Labute approximate surface area is 57.6 Å². The molecule has 0 amide bonds. The van der Waals surface area contributed by atoms with Crippen molar-refractivity contribution in [3.63, 3.8) is 0 Å². The molecule has 52 valence electrons. The predicted octanol–water partition coefficient (Wildman–Crippen LogP) is 1.01. The van der Waals surface area contributed by atoms with Crippen molar-refractivity contribution in [2.45, 2.75) is 0 Å². The maximum absolute atomic E-state index is 5.05. The fraction of sp³-hybridized carbons (Fsp3) is 0. The van der Waals surface area contributed by atoms with E-state index in [1.165, 1.54) is 6.26 Å². The van der Waals surface area contributed by atoms with Crippen LogP contribution in [0.2, 0.25) is 0 Å². The van der Waals surface area contributed by atoms with Crippen molar-refractivity contribution in [1.82, 2.24) is 5.59 Å². The SMILES string of the molecule is C1=CN(c2ccco2)NO1. The van der Waals surface area contributed by atoms with E-state index in [1.54, 1.807) is 17.5 Å². The van der Waals surface area contributed by atoms with Crippen LogP contribution in [0.25, 0.3) is 0 Å². The highest BCUT2D eigenvalue weighted by Crippen LogP contribution is 2.14. The molecule has 1 aromatic heterocycles. The van der Waals surface area contributed by atoms with E-state index in [2.05, 4.69) is 5.59 Å². The molecule has 1 aliphatic heterocycles. The predicted molar refractivity (Wildman–Crippen MR) is 34.5 cm³/mol. The smallest absolute Gasteiger partial charge is 0.216 e. The van der Waals surface area contributed by atoms with Gasteiger partial charge in [0.1, 0.15) is 6.26 Å². The molecule has 0 saturated carbocycles. The summed E-state index contributed by atoms with van der Waals surface area (Å²) in [5.74, 6) is 0.703. The summed E-state index contributed by atoms with van der Waals surface area (Å²) in [4.78, 5) is 4.72. The number of furan rings is 1. The van der Waals surface area contributed by atoms with E-state index in [0.29, 0.717) is 5.88 Å². The van der Waals surface area contributed by atoms with Crippen molar-refractivity contribution >= 4 is 5.88 Å². The first-order valence-electron chi connectivity index (χ1n) is 2.87. The molecule has 10 heavy (non-hydrogen) atoms. The minimum absolute atomic E-state index is 0.703. The number of nitrogens with zero attached hydrogens (tertiary/aromatic N) is 1. The second-order valence-electron chi connectivity index (χ2n) is 1.82. The van der Waals surface area contributed by atoms with Gasteiger partial charge in [-0.05, 0) is 6.07 Å². The molecule has 0 unspecified atom stereocenters. The Balaban J connectivity index is 2.20. The quantitative estimate of drug-likeness (QED) is 0.628. The summed E-state index contributed by atoms with van der Waals surface area (Å²) in [5, 5.41) is 1.62. The maximum Gasteiger partial charge on any atom is 0.216 e. The van der Waals surface area contributed by atoms with Crippen LogP contribution in [0.1, 0.15) is 0 Å². The van der Waals surface area contributed by atoms with Crippen LogP contribution in [-0.4, -0.2) is 0 Å². The molecular weight excluding hydrogens is 132 g/mol. The van der Waals surface area contributed by atoms with Gasteiger partial charge in [0, 0.05) is 6.07 Å². The molecule has 4 nitrogen and oxygen atoms in total. The standard InChI is InChI=1S/C6H6N2O2/c1-2-6(9-4-1)8-3-5-10-7-8/h1-5,7H. The molecule has 0 radical (unpaired) electrons. The lowest BCUT2D eigenvalue weighted by molar-refractivity contribution is 0.155. The molecule has 1 aromatic rings. The van der Waals surface area contributed by atoms with Crippen LogP contribution in [0, 0.1) is 0 Å².